The van der Waals surface area contributed by atoms with Crippen LogP contribution in [0.15, 0.2) is 22.3 Å². The number of hydrogen-bond donors (Lipinski definition) is 2. The lowest BCUT2D eigenvalue weighted by molar-refractivity contribution is -0.114. The van der Waals surface area contributed by atoms with E-state index in [-0.39, 0.29) is 5.91 Å². The summed E-state index contributed by atoms with van der Waals surface area (Å²) in [6, 6.07) is 0. The van der Waals surface area contributed by atoms with E-state index in [1.54, 1.807) is 21.0 Å². The monoisotopic (exact) mass is 258 g/mol. The van der Waals surface area contributed by atoms with Crippen molar-refractivity contribution in [2.45, 2.75) is 25.8 Å². The normalized spacial score (nSPS) is 14.2. The van der Waals surface area contributed by atoms with Gasteiger partial charge >= 0.3 is 0 Å². The van der Waals surface area contributed by atoms with Gasteiger partial charge in [0.15, 0.2) is 0 Å². The average Bonchev–Trinajstić information content (AvgIpc) is 2.26. The first-order valence-electron chi connectivity index (χ1n) is 5.22. The molecule has 17 heavy (non-hydrogen) atoms. The Labute approximate surface area is 107 Å². The van der Waals surface area contributed by atoms with E-state index in [9.17, 15) is 4.79 Å². The molecule has 0 bridgehead atoms. The van der Waals surface area contributed by atoms with Gasteiger partial charge in [0.2, 0.25) is 0 Å². The number of aliphatic imine (C=N–C) groups is 2. The van der Waals surface area contributed by atoms with Crippen LogP contribution in [0, 0.1) is 0 Å². The molecule has 5 nitrogen and oxygen atoms in total. The van der Waals surface area contributed by atoms with Gasteiger partial charge in [-0.15, -0.1) is 0 Å². The summed E-state index contributed by atoms with van der Waals surface area (Å²) in [7, 11) is 3.32. The van der Waals surface area contributed by atoms with Gasteiger partial charge in [0.1, 0.15) is 5.50 Å². The van der Waals surface area contributed by atoms with Gasteiger partial charge in [0.05, 0.1) is 11.5 Å². The van der Waals surface area contributed by atoms with Crippen molar-refractivity contribution in [3.63, 3.8) is 0 Å². The van der Waals surface area contributed by atoms with Gasteiger partial charge in [-0.2, -0.15) is 0 Å². The third-order valence-corrected chi connectivity index (χ3v) is 2.23. The molecular weight excluding hydrogens is 240 g/mol. The van der Waals surface area contributed by atoms with Crippen LogP contribution in [0.4, 0.5) is 0 Å². The van der Waals surface area contributed by atoms with Crippen LogP contribution in [0.2, 0.25) is 0 Å². The maximum Gasteiger partial charge on any atom is 0.264 e. The molecule has 1 amide bonds. The van der Waals surface area contributed by atoms with Crippen molar-refractivity contribution in [3.8, 4) is 0 Å². The second kappa shape index (κ2) is 7.84. The fourth-order valence-corrected chi connectivity index (χ4v) is 1.35. The number of rotatable bonds is 5. The molecule has 0 aliphatic heterocycles. The Bertz CT molecular complexity index is 349. The van der Waals surface area contributed by atoms with E-state index in [1.165, 1.54) is 0 Å². The van der Waals surface area contributed by atoms with Gasteiger partial charge in [0, 0.05) is 26.2 Å². The van der Waals surface area contributed by atoms with E-state index >= 15 is 0 Å². The van der Waals surface area contributed by atoms with Crippen molar-refractivity contribution in [2.24, 2.45) is 9.98 Å². The molecular formula is C11H19ClN4O. The van der Waals surface area contributed by atoms with Crippen LogP contribution in [0.5, 0.6) is 0 Å². The second-order valence-electron chi connectivity index (χ2n) is 3.45. The van der Waals surface area contributed by atoms with Gasteiger partial charge in [-0.1, -0.05) is 18.2 Å². The Morgan fingerprint density at radius 2 is 1.94 bits per heavy atom. The van der Waals surface area contributed by atoms with Crippen LogP contribution < -0.4 is 10.6 Å². The smallest absolute Gasteiger partial charge is 0.264 e. The largest absolute Gasteiger partial charge is 0.377 e. The van der Waals surface area contributed by atoms with Gasteiger partial charge in [-0.3, -0.25) is 9.79 Å². The number of halogens is 1. The van der Waals surface area contributed by atoms with Crippen LogP contribution in [-0.4, -0.2) is 37.1 Å². The lowest BCUT2D eigenvalue weighted by atomic mass is 10.3. The number of amidine groups is 1. The van der Waals surface area contributed by atoms with Crippen molar-refractivity contribution in [1.82, 2.24) is 10.6 Å². The van der Waals surface area contributed by atoms with Crippen LogP contribution >= 0.6 is 11.6 Å². The first-order valence-corrected chi connectivity index (χ1v) is 5.65. The molecule has 0 rings (SSSR count). The zero-order chi connectivity index (χ0) is 13.4. The zero-order valence-corrected chi connectivity index (χ0v) is 11.4. The highest BCUT2D eigenvalue weighted by atomic mass is 35.5. The minimum Gasteiger partial charge on any atom is -0.377 e. The lowest BCUT2D eigenvalue weighted by Gasteiger charge is -2.07. The number of hydrogen-bond acceptors (Lipinski definition) is 3. The molecule has 0 aliphatic rings. The summed E-state index contributed by atoms with van der Waals surface area (Å²) in [5.41, 5.74) is 0.424. The minimum atomic E-state index is -0.534. The van der Waals surface area contributed by atoms with E-state index < -0.39 is 5.50 Å². The van der Waals surface area contributed by atoms with E-state index in [0.29, 0.717) is 17.8 Å². The minimum absolute atomic E-state index is 0.240. The highest BCUT2D eigenvalue weighted by Crippen LogP contribution is 2.12. The van der Waals surface area contributed by atoms with Crippen molar-refractivity contribution in [2.75, 3.05) is 14.1 Å². The number of alkyl halides is 1. The Balaban J connectivity index is 4.41. The highest BCUT2D eigenvalue weighted by molar-refractivity contribution is 6.38. The first-order chi connectivity index (χ1) is 7.90. The summed E-state index contributed by atoms with van der Waals surface area (Å²) in [5.74, 6) is 0.516. The molecule has 0 saturated carbocycles. The Morgan fingerprint density at radius 1 is 1.35 bits per heavy atom. The Hall–Kier alpha value is -1.36. The molecule has 0 aliphatic carbocycles. The maximum absolute atomic E-state index is 11.2. The summed E-state index contributed by atoms with van der Waals surface area (Å²) in [6.45, 7) is 7.21. The molecule has 1 atom stereocenters. The van der Waals surface area contributed by atoms with Crippen LogP contribution in [0.25, 0.3) is 0 Å². The SMILES string of the molecule is C=C(CC(Cl)/N=C(/C)C(=O)NC)/N=C(/C)NC. The van der Waals surface area contributed by atoms with E-state index in [0.717, 1.165) is 5.84 Å². The molecule has 0 heterocycles. The first kappa shape index (κ1) is 15.6. The van der Waals surface area contributed by atoms with Gasteiger partial charge in [-0.25, -0.2) is 4.99 Å². The molecule has 1 unspecified atom stereocenters. The molecule has 0 radical (unpaired) electrons. The topological polar surface area (TPSA) is 65.8 Å². The van der Waals surface area contributed by atoms with Gasteiger partial charge in [0.25, 0.3) is 5.91 Å². The number of nitrogens with zero attached hydrogens (tertiary/aromatic N) is 2. The highest BCUT2D eigenvalue weighted by Gasteiger charge is 2.08. The van der Waals surface area contributed by atoms with Crippen molar-refractivity contribution < 1.29 is 4.79 Å². The fourth-order valence-electron chi connectivity index (χ4n) is 1.03. The van der Waals surface area contributed by atoms with Crippen molar-refractivity contribution in [1.29, 1.82) is 0 Å². The van der Waals surface area contributed by atoms with Gasteiger partial charge in [-0.05, 0) is 13.8 Å². The summed E-state index contributed by atoms with van der Waals surface area (Å²) < 4.78 is 0. The van der Waals surface area contributed by atoms with E-state index in [1.807, 2.05) is 6.92 Å². The zero-order valence-electron chi connectivity index (χ0n) is 10.7. The molecule has 2 N–H and O–H groups in total. The molecule has 0 saturated heterocycles. The second-order valence-corrected chi connectivity index (χ2v) is 3.95. The predicted octanol–water partition coefficient (Wildman–Crippen LogP) is 1.30. The summed E-state index contributed by atoms with van der Waals surface area (Å²) >= 11 is 5.98. The number of carbonyl (C=O) groups excluding carboxylic acids is 1. The molecule has 0 aromatic heterocycles. The average molecular weight is 259 g/mol. The third-order valence-electron chi connectivity index (χ3n) is 1.98. The van der Waals surface area contributed by atoms with Crippen molar-refractivity contribution in [3.05, 3.63) is 12.3 Å². The van der Waals surface area contributed by atoms with Crippen molar-refractivity contribution >= 4 is 29.1 Å². The number of nitrogens with one attached hydrogen (secondary N) is 2. The van der Waals surface area contributed by atoms with Crippen LogP contribution in [0.3, 0.4) is 0 Å². The predicted molar refractivity (Wildman–Crippen MR) is 72.7 cm³/mol. The molecule has 0 aromatic carbocycles. The summed E-state index contributed by atoms with van der Waals surface area (Å²) in [6.07, 6.45) is 0.398. The summed E-state index contributed by atoms with van der Waals surface area (Å²) in [4.78, 5) is 19.4. The Kier molecular flexibility index (Phi) is 7.21. The van der Waals surface area contributed by atoms with Crippen LogP contribution in [-0.2, 0) is 4.79 Å². The van der Waals surface area contributed by atoms with E-state index in [2.05, 4.69) is 27.2 Å². The van der Waals surface area contributed by atoms with E-state index in [4.69, 9.17) is 11.6 Å². The fraction of sp³-hybridized carbons (Fsp3) is 0.545. The maximum atomic E-state index is 11.2. The molecule has 96 valence electrons. The quantitative estimate of drug-likeness (QED) is 0.338. The number of carbonyl (C=O) groups is 1. The third kappa shape index (κ3) is 6.73. The van der Waals surface area contributed by atoms with Crippen LogP contribution in [0.1, 0.15) is 20.3 Å². The standard InChI is InChI=1S/C11H19ClN4O/c1-7(15-9(3)13-4)6-10(12)16-8(2)11(17)14-5/h10H,1,6H2,2-5H3,(H,13,15)(H,14,17)/b16-8-. The molecule has 0 spiro atoms. The molecule has 6 heteroatoms. The molecule has 0 fully saturated rings. The Morgan fingerprint density at radius 3 is 2.41 bits per heavy atom. The number of amides is 1. The molecule has 0 aromatic rings. The van der Waals surface area contributed by atoms with Gasteiger partial charge < -0.3 is 10.6 Å². The lowest BCUT2D eigenvalue weighted by Crippen LogP contribution is -2.26. The summed E-state index contributed by atoms with van der Waals surface area (Å²) in [5, 5.41) is 5.36.